The van der Waals surface area contributed by atoms with E-state index < -0.39 is 11.5 Å². The van der Waals surface area contributed by atoms with Crippen molar-refractivity contribution < 1.29 is 19.2 Å². The van der Waals surface area contributed by atoms with Gasteiger partial charge in [0, 0.05) is 17.9 Å². The average molecular weight is 315 g/mol. The molecule has 122 valence electrons. The quantitative estimate of drug-likeness (QED) is 0.942. The number of hydrogen-bond acceptors (Lipinski definition) is 5. The van der Waals surface area contributed by atoms with E-state index in [1.807, 2.05) is 31.2 Å². The fourth-order valence-corrected chi connectivity index (χ4v) is 3.77. The van der Waals surface area contributed by atoms with Crippen molar-refractivity contribution in [2.24, 2.45) is 5.92 Å². The lowest BCUT2D eigenvalue weighted by atomic mass is 9.64. The van der Waals surface area contributed by atoms with Crippen LogP contribution in [0.3, 0.4) is 0 Å². The maximum absolute atomic E-state index is 12.3. The number of aliphatic hydroxyl groups is 1. The highest BCUT2D eigenvalue weighted by Gasteiger charge is 2.49. The van der Waals surface area contributed by atoms with Gasteiger partial charge < -0.3 is 14.4 Å². The molecule has 0 aliphatic heterocycles. The van der Waals surface area contributed by atoms with Crippen LogP contribution >= 0.6 is 0 Å². The average Bonchev–Trinajstić information content (AvgIpc) is 2.85. The van der Waals surface area contributed by atoms with Crippen molar-refractivity contribution >= 4 is 5.78 Å². The number of Topliss-reactive ketones (excluding diaryl/α,β-unsaturated/α-hetero) is 1. The van der Waals surface area contributed by atoms with E-state index in [9.17, 15) is 9.90 Å². The molecule has 1 aromatic carbocycles. The zero-order chi connectivity index (χ0) is 16.8. The Balaban J connectivity index is 2.19. The molecule has 0 bridgehead atoms. The minimum absolute atomic E-state index is 0.0398. The van der Waals surface area contributed by atoms with Crippen molar-refractivity contribution in [1.82, 2.24) is 5.16 Å². The normalized spacial score (nSPS) is 26.7. The first-order valence-corrected chi connectivity index (χ1v) is 7.67. The van der Waals surface area contributed by atoms with Crippen molar-refractivity contribution in [3.05, 3.63) is 46.8 Å². The van der Waals surface area contributed by atoms with Gasteiger partial charge in [0.05, 0.1) is 24.3 Å². The highest BCUT2D eigenvalue weighted by Crippen LogP contribution is 2.47. The van der Waals surface area contributed by atoms with Crippen LogP contribution in [0.4, 0.5) is 0 Å². The lowest BCUT2D eigenvalue weighted by molar-refractivity contribution is -0.130. The number of nitrogens with zero attached hydrogens (tertiary/aromatic N) is 1. The van der Waals surface area contributed by atoms with Crippen LogP contribution in [0.25, 0.3) is 0 Å². The second kappa shape index (κ2) is 5.49. The molecule has 23 heavy (non-hydrogen) atoms. The van der Waals surface area contributed by atoms with Crippen LogP contribution < -0.4 is 4.74 Å². The monoisotopic (exact) mass is 315 g/mol. The van der Waals surface area contributed by atoms with E-state index in [0.29, 0.717) is 12.2 Å². The van der Waals surface area contributed by atoms with Gasteiger partial charge in [0.25, 0.3) is 0 Å². The number of hydrogen-bond donors (Lipinski definition) is 1. The first-order valence-electron chi connectivity index (χ1n) is 7.67. The molecule has 0 fully saturated rings. The maximum Gasteiger partial charge on any atom is 0.137 e. The van der Waals surface area contributed by atoms with Gasteiger partial charge in [-0.15, -0.1) is 0 Å². The van der Waals surface area contributed by atoms with E-state index in [1.165, 1.54) is 6.92 Å². The Labute approximate surface area is 135 Å². The largest absolute Gasteiger partial charge is 0.497 e. The van der Waals surface area contributed by atoms with E-state index in [-0.39, 0.29) is 11.7 Å². The van der Waals surface area contributed by atoms with Gasteiger partial charge in [-0.1, -0.05) is 17.3 Å². The Morgan fingerprint density at radius 3 is 2.61 bits per heavy atom. The summed E-state index contributed by atoms with van der Waals surface area (Å²) in [5, 5.41) is 15.0. The molecular weight excluding hydrogens is 294 g/mol. The van der Waals surface area contributed by atoms with E-state index in [2.05, 4.69) is 5.16 Å². The predicted molar refractivity (Wildman–Crippen MR) is 84.6 cm³/mol. The van der Waals surface area contributed by atoms with Gasteiger partial charge in [-0.05, 0) is 38.5 Å². The molecule has 0 radical (unpaired) electrons. The Hall–Kier alpha value is -2.14. The summed E-state index contributed by atoms with van der Waals surface area (Å²) in [4.78, 5) is 12.3. The van der Waals surface area contributed by atoms with Gasteiger partial charge in [0.1, 0.15) is 17.3 Å². The summed E-state index contributed by atoms with van der Waals surface area (Å²) in [6.07, 6.45) is 0.316. The third-order valence-electron chi connectivity index (χ3n) is 4.74. The molecule has 3 atom stereocenters. The highest BCUT2D eigenvalue weighted by atomic mass is 16.5. The van der Waals surface area contributed by atoms with Crippen LogP contribution in [0.15, 0.2) is 28.8 Å². The minimum atomic E-state index is -1.16. The molecule has 3 rings (SSSR count). The Kier molecular flexibility index (Phi) is 3.76. The molecule has 0 amide bonds. The molecule has 0 saturated heterocycles. The zero-order valence-electron chi connectivity index (χ0n) is 13.8. The number of carbonyl (C=O) groups excluding carboxylic acids is 1. The van der Waals surface area contributed by atoms with Crippen LogP contribution in [0, 0.1) is 12.8 Å². The second-order valence-corrected chi connectivity index (χ2v) is 6.47. The third-order valence-corrected chi connectivity index (χ3v) is 4.74. The first kappa shape index (κ1) is 15.7. The van der Waals surface area contributed by atoms with Gasteiger partial charge in [-0.2, -0.15) is 0 Å². The minimum Gasteiger partial charge on any atom is -0.497 e. The number of ketones is 1. The maximum atomic E-state index is 12.3. The van der Waals surface area contributed by atoms with Crippen molar-refractivity contribution in [2.75, 3.05) is 7.11 Å². The first-order chi connectivity index (χ1) is 10.8. The fraction of sp³-hybridized carbons (Fsp3) is 0.444. The van der Waals surface area contributed by atoms with E-state index in [1.54, 1.807) is 14.0 Å². The molecular formula is C18H21NO4. The van der Waals surface area contributed by atoms with Crippen molar-refractivity contribution in [3.63, 3.8) is 0 Å². The van der Waals surface area contributed by atoms with Gasteiger partial charge in [0.2, 0.25) is 0 Å². The molecule has 0 unspecified atom stereocenters. The molecule has 0 spiro atoms. The molecule has 5 nitrogen and oxygen atoms in total. The number of rotatable bonds is 3. The number of fused-ring (bicyclic) bond motifs is 1. The molecule has 1 aromatic heterocycles. The van der Waals surface area contributed by atoms with Crippen molar-refractivity contribution in [1.29, 1.82) is 0 Å². The van der Waals surface area contributed by atoms with Crippen molar-refractivity contribution in [3.8, 4) is 5.75 Å². The number of ether oxygens (including phenoxy) is 1. The van der Waals surface area contributed by atoms with Crippen molar-refractivity contribution in [2.45, 2.75) is 38.7 Å². The van der Waals surface area contributed by atoms with Gasteiger partial charge in [0.15, 0.2) is 0 Å². The summed E-state index contributed by atoms with van der Waals surface area (Å²) in [6.45, 7) is 5.08. The summed E-state index contributed by atoms with van der Waals surface area (Å²) in [6, 6.07) is 7.57. The number of carbonyl (C=O) groups is 1. The summed E-state index contributed by atoms with van der Waals surface area (Å²) < 4.78 is 10.5. The van der Waals surface area contributed by atoms with Gasteiger partial charge >= 0.3 is 0 Å². The van der Waals surface area contributed by atoms with Crippen LogP contribution in [0.5, 0.6) is 5.75 Å². The Bertz CT molecular complexity index is 730. The Morgan fingerprint density at radius 2 is 2.04 bits per heavy atom. The summed E-state index contributed by atoms with van der Waals surface area (Å²) >= 11 is 0. The van der Waals surface area contributed by atoms with Gasteiger partial charge in [-0.3, -0.25) is 4.79 Å². The summed E-state index contributed by atoms with van der Waals surface area (Å²) in [7, 11) is 1.61. The highest BCUT2D eigenvalue weighted by molar-refractivity contribution is 5.82. The standard InChI is InChI=1S/C18H21NO4/c1-10(20)17-16(12-5-7-13(22-4)8-6-12)15-11(2)23-19-14(15)9-18(17,3)21/h5-8,16-17,21H,9H2,1-4H3/t16-,17+,18+/m0/s1. The predicted octanol–water partition coefficient (Wildman–Crippen LogP) is 2.64. The lowest BCUT2D eigenvalue weighted by Crippen LogP contribution is -2.48. The van der Waals surface area contributed by atoms with Crippen LogP contribution in [-0.2, 0) is 11.2 Å². The molecule has 5 heteroatoms. The molecule has 2 aromatic rings. The molecule has 1 aliphatic carbocycles. The zero-order valence-corrected chi connectivity index (χ0v) is 13.8. The molecule has 1 heterocycles. The number of methoxy groups -OCH3 is 1. The van der Waals surface area contributed by atoms with E-state index in [0.717, 1.165) is 22.6 Å². The van der Waals surface area contributed by atoms with Crippen LogP contribution in [0.1, 0.15) is 42.3 Å². The van der Waals surface area contributed by atoms with E-state index in [4.69, 9.17) is 9.26 Å². The number of aromatic nitrogens is 1. The Morgan fingerprint density at radius 1 is 1.39 bits per heavy atom. The number of benzene rings is 1. The SMILES string of the molecule is COc1ccc([C@H]2c3c(noc3C)C[C@@](C)(O)[C@@H]2C(C)=O)cc1. The number of aryl methyl sites for hydroxylation is 1. The smallest absolute Gasteiger partial charge is 0.137 e. The topological polar surface area (TPSA) is 72.6 Å². The third kappa shape index (κ3) is 2.55. The van der Waals surface area contributed by atoms with Crippen LogP contribution in [-0.4, -0.2) is 28.8 Å². The van der Waals surface area contributed by atoms with Gasteiger partial charge in [-0.25, -0.2) is 0 Å². The second-order valence-electron chi connectivity index (χ2n) is 6.47. The fourth-order valence-electron chi connectivity index (χ4n) is 3.77. The van der Waals surface area contributed by atoms with Crippen LogP contribution in [0.2, 0.25) is 0 Å². The molecule has 0 saturated carbocycles. The molecule has 1 aliphatic rings. The van der Waals surface area contributed by atoms with E-state index >= 15 is 0 Å². The molecule has 1 N–H and O–H groups in total. The lowest BCUT2D eigenvalue weighted by Gasteiger charge is -2.40. The summed E-state index contributed by atoms with van der Waals surface area (Å²) in [5.41, 5.74) is 1.43. The summed E-state index contributed by atoms with van der Waals surface area (Å²) in [5.74, 6) is 0.590.